The van der Waals surface area contributed by atoms with Crippen LogP contribution in [0.2, 0.25) is 0 Å². The van der Waals surface area contributed by atoms with Crippen molar-refractivity contribution in [1.29, 1.82) is 0 Å². The van der Waals surface area contributed by atoms with Gasteiger partial charge in [-0.25, -0.2) is 0 Å². The van der Waals surface area contributed by atoms with Crippen molar-refractivity contribution in [3.63, 3.8) is 0 Å². The second kappa shape index (κ2) is 5.84. The molecule has 1 aliphatic rings. The van der Waals surface area contributed by atoms with Gasteiger partial charge in [0.05, 0.1) is 0 Å². The predicted octanol–water partition coefficient (Wildman–Crippen LogP) is 4.60. The molecule has 0 bridgehead atoms. The maximum absolute atomic E-state index is 11.9. The molecule has 0 aromatic carbocycles. The third-order valence-corrected chi connectivity index (χ3v) is 4.15. The molecule has 0 heterocycles. The number of ketones is 1. The number of hydrogen-bond acceptors (Lipinski definition) is 1. The molecule has 0 N–H and O–H groups in total. The standard InChI is InChI=1S/C15H28O/c1-5-7-14(16)12-8-6-9-13(11-10-12)15(2,3)4/h12-13H,5-11H2,1-4H3. The number of rotatable bonds is 3. The van der Waals surface area contributed by atoms with E-state index in [1.165, 1.54) is 19.3 Å². The molecule has 1 nitrogen and oxygen atoms in total. The van der Waals surface area contributed by atoms with Crippen LogP contribution in [0.1, 0.15) is 72.6 Å². The van der Waals surface area contributed by atoms with Crippen molar-refractivity contribution in [1.82, 2.24) is 0 Å². The first-order valence-electron chi connectivity index (χ1n) is 6.98. The third-order valence-electron chi connectivity index (χ3n) is 4.15. The Hall–Kier alpha value is -0.330. The van der Waals surface area contributed by atoms with E-state index in [4.69, 9.17) is 0 Å². The number of carbonyl (C=O) groups excluding carboxylic acids is 1. The van der Waals surface area contributed by atoms with Crippen molar-refractivity contribution < 1.29 is 4.79 Å². The molecular weight excluding hydrogens is 196 g/mol. The van der Waals surface area contributed by atoms with Crippen LogP contribution in [0.5, 0.6) is 0 Å². The molecule has 0 spiro atoms. The predicted molar refractivity (Wildman–Crippen MR) is 69.4 cm³/mol. The summed E-state index contributed by atoms with van der Waals surface area (Å²) >= 11 is 0. The Morgan fingerprint density at radius 3 is 2.38 bits per heavy atom. The highest BCUT2D eigenvalue weighted by Gasteiger charge is 2.29. The molecule has 0 saturated heterocycles. The smallest absolute Gasteiger partial charge is 0.135 e. The van der Waals surface area contributed by atoms with Crippen LogP contribution in [0.3, 0.4) is 0 Å². The fourth-order valence-electron chi connectivity index (χ4n) is 2.94. The summed E-state index contributed by atoms with van der Waals surface area (Å²) in [5.41, 5.74) is 0.419. The summed E-state index contributed by atoms with van der Waals surface area (Å²) in [6, 6.07) is 0. The van der Waals surface area contributed by atoms with Gasteiger partial charge in [0.25, 0.3) is 0 Å². The van der Waals surface area contributed by atoms with Crippen molar-refractivity contribution in [3.05, 3.63) is 0 Å². The van der Waals surface area contributed by atoms with Crippen molar-refractivity contribution in [2.24, 2.45) is 17.3 Å². The molecule has 16 heavy (non-hydrogen) atoms. The van der Waals surface area contributed by atoms with E-state index in [9.17, 15) is 4.79 Å². The minimum absolute atomic E-state index is 0.382. The lowest BCUT2D eigenvalue weighted by Crippen LogP contribution is -2.20. The molecule has 0 aliphatic heterocycles. The minimum Gasteiger partial charge on any atom is -0.299 e. The van der Waals surface area contributed by atoms with E-state index in [1.54, 1.807) is 0 Å². The van der Waals surface area contributed by atoms with Crippen LogP contribution < -0.4 is 0 Å². The SMILES string of the molecule is CCCC(=O)C1CCCC(C(C)(C)C)CC1. The van der Waals surface area contributed by atoms with Crippen molar-refractivity contribution in [2.45, 2.75) is 72.6 Å². The van der Waals surface area contributed by atoms with E-state index < -0.39 is 0 Å². The van der Waals surface area contributed by atoms with Gasteiger partial charge in [-0.2, -0.15) is 0 Å². The van der Waals surface area contributed by atoms with E-state index in [0.717, 1.165) is 31.6 Å². The molecule has 1 aliphatic carbocycles. The second-order valence-corrected chi connectivity index (χ2v) is 6.48. The van der Waals surface area contributed by atoms with Crippen LogP contribution in [0.4, 0.5) is 0 Å². The van der Waals surface area contributed by atoms with Crippen LogP contribution in [0.25, 0.3) is 0 Å². The van der Waals surface area contributed by atoms with Gasteiger partial charge in [0.2, 0.25) is 0 Å². The topological polar surface area (TPSA) is 17.1 Å². The molecule has 1 heteroatoms. The summed E-state index contributed by atoms with van der Waals surface area (Å²) in [6.45, 7) is 9.12. The zero-order valence-electron chi connectivity index (χ0n) is 11.5. The van der Waals surface area contributed by atoms with Gasteiger partial charge < -0.3 is 0 Å². The van der Waals surface area contributed by atoms with Crippen LogP contribution in [0.15, 0.2) is 0 Å². The van der Waals surface area contributed by atoms with Crippen LogP contribution in [-0.2, 0) is 4.79 Å². The molecule has 0 amide bonds. The van der Waals surface area contributed by atoms with E-state index >= 15 is 0 Å². The summed E-state index contributed by atoms with van der Waals surface area (Å²) < 4.78 is 0. The van der Waals surface area contributed by atoms with Gasteiger partial charge in [0, 0.05) is 12.3 Å². The third kappa shape index (κ3) is 3.92. The van der Waals surface area contributed by atoms with Gasteiger partial charge in [-0.05, 0) is 43.4 Å². The van der Waals surface area contributed by atoms with Crippen molar-refractivity contribution in [3.8, 4) is 0 Å². The van der Waals surface area contributed by atoms with Gasteiger partial charge >= 0.3 is 0 Å². The minimum atomic E-state index is 0.382. The lowest BCUT2D eigenvalue weighted by Gasteiger charge is -2.29. The Balaban J connectivity index is 2.49. The summed E-state index contributed by atoms with van der Waals surface area (Å²) in [5.74, 6) is 1.72. The first-order valence-corrected chi connectivity index (χ1v) is 6.98. The maximum Gasteiger partial charge on any atom is 0.135 e. The largest absolute Gasteiger partial charge is 0.299 e. The highest BCUT2D eigenvalue weighted by atomic mass is 16.1. The van der Waals surface area contributed by atoms with Crippen LogP contribution in [-0.4, -0.2) is 5.78 Å². The Labute approximate surface area is 101 Å². The van der Waals surface area contributed by atoms with Crippen LogP contribution in [0, 0.1) is 17.3 Å². The molecular formula is C15H28O. The maximum atomic E-state index is 11.9. The summed E-state index contributed by atoms with van der Waals surface area (Å²) in [5, 5.41) is 0. The lowest BCUT2D eigenvalue weighted by molar-refractivity contribution is -0.123. The molecule has 0 aromatic heterocycles. The van der Waals surface area contributed by atoms with E-state index in [0.29, 0.717) is 17.1 Å². The molecule has 2 unspecified atom stereocenters. The monoisotopic (exact) mass is 224 g/mol. The summed E-state index contributed by atoms with van der Waals surface area (Å²) in [4.78, 5) is 11.9. The molecule has 1 fully saturated rings. The quantitative estimate of drug-likeness (QED) is 0.640. The fourth-order valence-corrected chi connectivity index (χ4v) is 2.94. The highest BCUT2D eigenvalue weighted by Crippen LogP contribution is 2.38. The van der Waals surface area contributed by atoms with E-state index in [-0.39, 0.29) is 0 Å². The van der Waals surface area contributed by atoms with Gasteiger partial charge in [0.15, 0.2) is 0 Å². The Kier molecular flexibility index (Phi) is 5.01. The van der Waals surface area contributed by atoms with E-state index in [2.05, 4.69) is 27.7 Å². The van der Waals surface area contributed by atoms with Crippen molar-refractivity contribution in [2.75, 3.05) is 0 Å². The van der Waals surface area contributed by atoms with Crippen molar-refractivity contribution >= 4 is 5.78 Å². The first-order chi connectivity index (χ1) is 7.45. The van der Waals surface area contributed by atoms with Gasteiger partial charge in [0.1, 0.15) is 5.78 Å². The Bertz CT molecular complexity index is 224. The van der Waals surface area contributed by atoms with Crippen LogP contribution >= 0.6 is 0 Å². The number of Topliss-reactive ketones (excluding diaryl/α,β-unsaturated/α-hetero) is 1. The molecule has 1 saturated carbocycles. The summed E-state index contributed by atoms with van der Waals surface area (Å²) in [7, 11) is 0. The first kappa shape index (κ1) is 13.7. The molecule has 0 radical (unpaired) electrons. The molecule has 1 rings (SSSR count). The van der Waals surface area contributed by atoms with Gasteiger partial charge in [-0.1, -0.05) is 34.1 Å². The lowest BCUT2D eigenvalue weighted by atomic mass is 9.76. The van der Waals surface area contributed by atoms with Gasteiger partial charge in [-0.3, -0.25) is 4.79 Å². The van der Waals surface area contributed by atoms with E-state index in [1.807, 2.05) is 0 Å². The Morgan fingerprint density at radius 1 is 1.12 bits per heavy atom. The number of hydrogen-bond donors (Lipinski definition) is 0. The fraction of sp³-hybridized carbons (Fsp3) is 0.933. The highest BCUT2D eigenvalue weighted by molar-refractivity contribution is 5.80. The zero-order valence-corrected chi connectivity index (χ0v) is 11.5. The normalized spacial score (nSPS) is 27.5. The molecule has 2 atom stereocenters. The molecule has 0 aromatic rings. The average Bonchev–Trinajstić information content (AvgIpc) is 2.41. The summed E-state index contributed by atoms with van der Waals surface area (Å²) in [6.07, 6.45) is 7.92. The zero-order chi connectivity index (χ0) is 12.2. The van der Waals surface area contributed by atoms with Gasteiger partial charge in [-0.15, -0.1) is 0 Å². The second-order valence-electron chi connectivity index (χ2n) is 6.48. The Morgan fingerprint density at radius 2 is 1.81 bits per heavy atom. The number of carbonyl (C=O) groups is 1. The molecule has 94 valence electrons. The average molecular weight is 224 g/mol.